The number of aromatic nitrogens is 6. The smallest absolute Gasteiger partial charge is 0.407 e. The molecule has 38 heavy (non-hydrogen) atoms. The molecule has 5 aromatic rings. The Morgan fingerprint density at radius 2 is 1.97 bits per heavy atom. The molecule has 0 radical (unpaired) electrons. The highest BCUT2D eigenvalue weighted by Gasteiger charge is 2.28. The molecular formula is C27H27N9O2. The van der Waals surface area contributed by atoms with Crippen molar-refractivity contribution in [3.8, 4) is 0 Å². The van der Waals surface area contributed by atoms with Crippen LogP contribution >= 0.6 is 0 Å². The number of carboxylic acid groups (broad SMARTS) is 1. The lowest BCUT2D eigenvalue weighted by Crippen LogP contribution is -2.53. The van der Waals surface area contributed by atoms with Gasteiger partial charge in [-0.3, -0.25) is 0 Å². The zero-order chi connectivity index (χ0) is 26.2. The number of rotatable bonds is 5. The molecule has 0 spiro atoms. The molecule has 1 aromatic carbocycles. The number of hydrogen-bond donors (Lipinski definition) is 2. The molecule has 1 aliphatic rings. The van der Waals surface area contributed by atoms with E-state index in [0.29, 0.717) is 31.0 Å². The van der Waals surface area contributed by atoms with Crippen LogP contribution in [0.5, 0.6) is 0 Å². The highest BCUT2D eigenvalue weighted by molar-refractivity contribution is 5.88. The summed E-state index contributed by atoms with van der Waals surface area (Å²) in [4.78, 5) is 33.0. The summed E-state index contributed by atoms with van der Waals surface area (Å²) in [6.07, 6.45) is 4.92. The maximum absolute atomic E-state index is 11.4. The van der Waals surface area contributed by atoms with Crippen LogP contribution in [0.4, 0.5) is 22.1 Å². The van der Waals surface area contributed by atoms with Crippen molar-refractivity contribution in [1.29, 1.82) is 0 Å². The third kappa shape index (κ3) is 4.54. The van der Waals surface area contributed by atoms with Gasteiger partial charge in [-0.2, -0.15) is 5.10 Å². The minimum absolute atomic E-state index is 0.122. The molecule has 0 saturated carbocycles. The standard InChI is InChI=1S/C27H27N9O2/c1-17-11-21(4-3-20(17)12-19-7-8-36-24(13-19)29-16-31-36)32-26-25-22(28-15-30-26)5-6-23(33-25)34-9-10-35(27(37)38)18(2)14-34/h3-8,11,13,15-16,18H,9-10,12,14H2,1-2H3,(H,37,38)(H,28,30,32)/t18-/m1/s1. The number of anilines is 3. The third-order valence-corrected chi connectivity index (χ3v) is 7.01. The van der Waals surface area contributed by atoms with Gasteiger partial charge in [0.05, 0.1) is 5.52 Å². The quantitative estimate of drug-likeness (QED) is 0.363. The largest absolute Gasteiger partial charge is 0.465 e. The fourth-order valence-corrected chi connectivity index (χ4v) is 4.94. The van der Waals surface area contributed by atoms with Crippen molar-refractivity contribution >= 4 is 40.1 Å². The maximum Gasteiger partial charge on any atom is 0.407 e. The molecule has 1 atom stereocenters. The van der Waals surface area contributed by atoms with E-state index in [4.69, 9.17) is 4.98 Å². The van der Waals surface area contributed by atoms with Crippen molar-refractivity contribution < 1.29 is 9.90 Å². The number of carbonyl (C=O) groups is 1. The van der Waals surface area contributed by atoms with Crippen molar-refractivity contribution in [2.75, 3.05) is 29.9 Å². The summed E-state index contributed by atoms with van der Waals surface area (Å²) in [6, 6.07) is 14.1. The van der Waals surface area contributed by atoms with Crippen LogP contribution in [0.1, 0.15) is 23.6 Å². The summed E-state index contributed by atoms with van der Waals surface area (Å²) in [6.45, 7) is 5.60. The van der Waals surface area contributed by atoms with E-state index in [-0.39, 0.29) is 6.04 Å². The van der Waals surface area contributed by atoms with Gasteiger partial charge < -0.3 is 20.2 Å². The van der Waals surface area contributed by atoms with Crippen molar-refractivity contribution in [3.63, 3.8) is 0 Å². The Morgan fingerprint density at radius 3 is 2.79 bits per heavy atom. The minimum Gasteiger partial charge on any atom is -0.465 e. The van der Waals surface area contributed by atoms with Crippen LogP contribution in [0.3, 0.4) is 0 Å². The van der Waals surface area contributed by atoms with Crippen LogP contribution in [0.25, 0.3) is 16.7 Å². The number of piperazine rings is 1. The van der Waals surface area contributed by atoms with Gasteiger partial charge in [0.2, 0.25) is 0 Å². The average Bonchev–Trinajstić information content (AvgIpc) is 3.38. The van der Waals surface area contributed by atoms with E-state index in [9.17, 15) is 9.90 Å². The van der Waals surface area contributed by atoms with Gasteiger partial charge in [-0.15, -0.1) is 0 Å². The zero-order valence-electron chi connectivity index (χ0n) is 21.1. The SMILES string of the molecule is Cc1cc(Nc2ncnc3ccc(N4CCN(C(=O)O)[C@H](C)C4)nc23)ccc1Cc1ccn2ncnc2c1. The van der Waals surface area contributed by atoms with Crippen LogP contribution in [-0.4, -0.2) is 71.3 Å². The molecular weight excluding hydrogens is 482 g/mol. The highest BCUT2D eigenvalue weighted by Crippen LogP contribution is 2.27. The topological polar surface area (TPSA) is 125 Å². The first-order valence-electron chi connectivity index (χ1n) is 12.5. The first kappa shape index (κ1) is 23.6. The molecule has 4 aromatic heterocycles. The van der Waals surface area contributed by atoms with E-state index >= 15 is 0 Å². The lowest BCUT2D eigenvalue weighted by atomic mass is 10.0. The average molecular weight is 510 g/mol. The fraction of sp³-hybridized carbons (Fsp3) is 0.259. The number of nitrogens with one attached hydrogen (secondary N) is 1. The predicted octanol–water partition coefficient (Wildman–Crippen LogP) is 3.90. The molecule has 0 aliphatic carbocycles. The molecule has 192 valence electrons. The van der Waals surface area contributed by atoms with Crippen molar-refractivity contribution in [2.45, 2.75) is 26.3 Å². The molecule has 1 aliphatic heterocycles. The fourth-order valence-electron chi connectivity index (χ4n) is 4.94. The van der Waals surface area contributed by atoms with Crippen molar-refractivity contribution in [1.82, 2.24) is 34.4 Å². The van der Waals surface area contributed by atoms with Gasteiger partial charge in [0.15, 0.2) is 11.5 Å². The van der Waals surface area contributed by atoms with Gasteiger partial charge in [0.25, 0.3) is 0 Å². The van der Waals surface area contributed by atoms with Gasteiger partial charge in [0, 0.05) is 37.6 Å². The molecule has 11 heteroatoms. The number of pyridine rings is 2. The predicted molar refractivity (Wildman–Crippen MR) is 144 cm³/mol. The summed E-state index contributed by atoms with van der Waals surface area (Å²) in [7, 11) is 0. The zero-order valence-corrected chi connectivity index (χ0v) is 21.1. The second-order valence-corrected chi connectivity index (χ2v) is 9.57. The van der Waals surface area contributed by atoms with Crippen LogP contribution in [0.15, 0.2) is 61.3 Å². The second kappa shape index (κ2) is 9.58. The molecule has 6 rings (SSSR count). The number of amides is 1. The Labute approximate surface area is 218 Å². The minimum atomic E-state index is -0.888. The molecule has 1 saturated heterocycles. The molecule has 5 heterocycles. The molecule has 0 unspecified atom stereocenters. The van der Waals surface area contributed by atoms with Gasteiger partial charge in [-0.25, -0.2) is 29.2 Å². The second-order valence-electron chi connectivity index (χ2n) is 9.57. The molecule has 11 nitrogen and oxygen atoms in total. The Bertz CT molecular complexity index is 1650. The monoisotopic (exact) mass is 509 g/mol. The Morgan fingerprint density at radius 1 is 1.08 bits per heavy atom. The Kier molecular flexibility index (Phi) is 5.95. The Balaban J connectivity index is 1.23. The van der Waals surface area contributed by atoms with E-state index in [2.05, 4.69) is 61.5 Å². The summed E-state index contributed by atoms with van der Waals surface area (Å²) in [5, 5.41) is 17.0. The Hall–Kier alpha value is -4.80. The van der Waals surface area contributed by atoms with Crippen LogP contribution in [0.2, 0.25) is 0 Å². The number of aryl methyl sites for hydroxylation is 1. The first-order valence-corrected chi connectivity index (χ1v) is 12.5. The molecule has 1 amide bonds. The van der Waals surface area contributed by atoms with Gasteiger partial charge >= 0.3 is 6.09 Å². The summed E-state index contributed by atoms with van der Waals surface area (Å²) < 4.78 is 1.76. The van der Waals surface area contributed by atoms with E-state index in [0.717, 1.165) is 34.7 Å². The molecule has 2 N–H and O–H groups in total. The van der Waals surface area contributed by atoms with Gasteiger partial charge in [0.1, 0.15) is 24.0 Å². The number of fused-ring (bicyclic) bond motifs is 2. The lowest BCUT2D eigenvalue weighted by Gasteiger charge is -2.38. The van der Waals surface area contributed by atoms with Crippen LogP contribution in [-0.2, 0) is 6.42 Å². The summed E-state index contributed by atoms with van der Waals surface area (Å²) in [5.41, 5.74) is 6.71. The lowest BCUT2D eigenvalue weighted by molar-refractivity contribution is 0.122. The molecule has 1 fully saturated rings. The number of nitrogens with zero attached hydrogens (tertiary/aromatic N) is 8. The van der Waals surface area contributed by atoms with E-state index in [1.165, 1.54) is 22.4 Å². The van der Waals surface area contributed by atoms with E-state index < -0.39 is 6.09 Å². The third-order valence-electron chi connectivity index (χ3n) is 7.01. The van der Waals surface area contributed by atoms with Crippen molar-refractivity contribution in [2.24, 2.45) is 0 Å². The summed E-state index contributed by atoms with van der Waals surface area (Å²) >= 11 is 0. The van der Waals surface area contributed by atoms with Crippen molar-refractivity contribution in [3.05, 3.63) is 78.0 Å². The van der Waals surface area contributed by atoms with E-state index in [1.807, 2.05) is 31.3 Å². The van der Waals surface area contributed by atoms with Crippen LogP contribution in [0, 0.1) is 6.92 Å². The highest BCUT2D eigenvalue weighted by atomic mass is 16.4. The summed E-state index contributed by atoms with van der Waals surface area (Å²) in [5.74, 6) is 1.40. The molecule has 0 bridgehead atoms. The van der Waals surface area contributed by atoms with E-state index in [1.54, 1.807) is 10.8 Å². The van der Waals surface area contributed by atoms with Gasteiger partial charge in [-0.1, -0.05) is 6.07 Å². The first-order chi connectivity index (χ1) is 18.4. The number of benzene rings is 1. The normalized spacial score (nSPS) is 15.8. The number of hydrogen-bond acceptors (Lipinski definition) is 8. The van der Waals surface area contributed by atoms with Gasteiger partial charge in [-0.05, 0) is 73.4 Å². The maximum atomic E-state index is 11.4. The van der Waals surface area contributed by atoms with Crippen LogP contribution < -0.4 is 10.2 Å².